The molecule has 1 aromatic heterocycles. The molecule has 0 spiro atoms. The summed E-state index contributed by atoms with van der Waals surface area (Å²) >= 11 is 1.81. The van der Waals surface area contributed by atoms with Crippen LogP contribution >= 0.6 is 11.3 Å². The second kappa shape index (κ2) is 4.60. The van der Waals surface area contributed by atoms with E-state index in [2.05, 4.69) is 41.5 Å². The molecule has 78 valence electrons. The average Bonchev–Trinajstić information content (AvgIpc) is 2.73. The monoisotopic (exact) mass is 217 g/mol. The Bertz CT molecular complexity index is 458. The van der Waals surface area contributed by atoms with Crippen LogP contribution in [0.2, 0.25) is 0 Å². The largest absolute Gasteiger partial charge is 0.313 e. The Morgan fingerprint density at radius 3 is 3.07 bits per heavy atom. The third-order valence-electron chi connectivity index (χ3n) is 2.64. The van der Waals surface area contributed by atoms with Crippen LogP contribution in [0, 0.1) is 0 Å². The fraction of sp³-hybridized carbons (Fsp3) is 0.231. The van der Waals surface area contributed by atoms with Gasteiger partial charge in [0.1, 0.15) is 0 Å². The first-order chi connectivity index (χ1) is 7.36. The average molecular weight is 217 g/mol. The number of fused-ring (bicyclic) bond motifs is 1. The van der Waals surface area contributed by atoms with Gasteiger partial charge in [-0.25, -0.2) is 0 Å². The topological polar surface area (TPSA) is 12.0 Å². The van der Waals surface area contributed by atoms with Crippen molar-refractivity contribution in [2.75, 3.05) is 7.05 Å². The fourth-order valence-corrected chi connectivity index (χ4v) is 2.83. The Hall–Kier alpha value is -1.12. The highest BCUT2D eigenvalue weighted by molar-refractivity contribution is 7.17. The molecule has 0 bridgehead atoms. The summed E-state index contributed by atoms with van der Waals surface area (Å²) in [6.45, 7) is 3.81. The Balaban J connectivity index is 2.48. The standard InChI is InChI=1S/C13H15NS/c1-3-5-12(14-2)11-7-4-6-10-8-9-15-13(10)11/h3-4,6-9,12,14H,1,5H2,2H3. The van der Waals surface area contributed by atoms with E-state index >= 15 is 0 Å². The van der Waals surface area contributed by atoms with Gasteiger partial charge in [-0.15, -0.1) is 17.9 Å². The maximum Gasteiger partial charge on any atom is 0.0390 e. The molecule has 2 heteroatoms. The number of hydrogen-bond acceptors (Lipinski definition) is 2. The van der Waals surface area contributed by atoms with E-state index in [0.29, 0.717) is 6.04 Å². The highest BCUT2D eigenvalue weighted by atomic mass is 32.1. The van der Waals surface area contributed by atoms with Crippen LogP contribution in [0.15, 0.2) is 42.3 Å². The van der Waals surface area contributed by atoms with Crippen LogP contribution in [0.3, 0.4) is 0 Å². The molecule has 1 nitrogen and oxygen atoms in total. The molecule has 0 aliphatic rings. The summed E-state index contributed by atoms with van der Waals surface area (Å²) in [4.78, 5) is 0. The van der Waals surface area contributed by atoms with E-state index in [4.69, 9.17) is 0 Å². The molecular formula is C13H15NS. The van der Waals surface area contributed by atoms with Crippen LogP contribution in [0.4, 0.5) is 0 Å². The number of nitrogens with one attached hydrogen (secondary N) is 1. The van der Waals surface area contributed by atoms with Crippen LogP contribution in [0.1, 0.15) is 18.0 Å². The van der Waals surface area contributed by atoms with Gasteiger partial charge in [-0.1, -0.05) is 24.3 Å². The first-order valence-electron chi connectivity index (χ1n) is 5.11. The van der Waals surface area contributed by atoms with Gasteiger partial charge in [0.25, 0.3) is 0 Å². The summed E-state index contributed by atoms with van der Waals surface area (Å²) in [7, 11) is 2.00. The zero-order valence-corrected chi connectivity index (χ0v) is 9.68. The SMILES string of the molecule is C=CCC(NC)c1cccc2ccsc12. The lowest BCUT2D eigenvalue weighted by Gasteiger charge is -2.15. The Labute approximate surface area is 94.4 Å². The van der Waals surface area contributed by atoms with Gasteiger partial charge in [-0.3, -0.25) is 0 Å². The van der Waals surface area contributed by atoms with Crippen LogP contribution in [-0.4, -0.2) is 7.05 Å². The summed E-state index contributed by atoms with van der Waals surface area (Å²) in [5.41, 5.74) is 1.38. The maximum absolute atomic E-state index is 3.81. The van der Waals surface area contributed by atoms with Crippen LogP contribution in [0.5, 0.6) is 0 Å². The number of thiophene rings is 1. The minimum atomic E-state index is 0.379. The first kappa shape index (κ1) is 10.4. The van der Waals surface area contributed by atoms with Crippen molar-refractivity contribution in [2.45, 2.75) is 12.5 Å². The molecule has 2 rings (SSSR count). The van der Waals surface area contributed by atoms with Crippen molar-refractivity contribution in [1.29, 1.82) is 0 Å². The lowest BCUT2D eigenvalue weighted by atomic mass is 10.0. The third-order valence-corrected chi connectivity index (χ3v) is 3.61. The molecule has 0 radical (unpaired) electrons. The van der Waals surface area contributed by atoms with Gasteiger partial charge in [-0.2, -0.15) is 0 Å². The van der Waals surface area contributed by atoms with E-state index in [-0.39, 0.29) is 0 Å². The van der Waals surface area contributed by atoms with Crippen molar-refractivity contribution in [3.05, 3.63) is 47.9 Å². The van der Waals surface area contributed by atoms with Crippen molar-refractivity contribution < 1.29 is 0 Å². The van der Waals surface area contributed by atoms with Gasteiger partial charge >= 0.3 is 0 Å². The summed E-state index contributed by atoms with van der Waals surface area (Å²) in [6, 6.07) is 9.03. The van der Waals surface area contributed by atoms with Crippen LogP contribution in [0.25, 0.3) is 10.1 Å². The van der Waals surface area contributed by atoms with Gasteiger partial charge in [0, 0.05) is 10.7 Å². The van der Waals surface area contributed by atoms with E-state index < -0.39 is 0 Å². The lowest BCUT2D eigenvalue weighted by Crippen LogP contribution is -2.15. The normalized spacial score (nSPS) is 12.9. The summed E-state index contributed by atoms with van der Waals surface area (Å²) in [5.74, 6) is 0. The molecule has 1 heterocycles. The summed E-state index contributed by atoms with van der Waals surface area (Å²) < 4.78 is 1.39. The molecule has 0 aliphatic carbocycles. The zero-order valence-electron chi connectivity index (χ0n) is 8.86. The zero-order chi connectivity index (χ0) is 10.7. The van der Waals surface area contributed by atoms with Crippen molar-refractivity contribution >= 4 is 21.4 Å². The van der Waals surface area contributed by atoms with E-state index in [0.717, 1.165) is 6.42 Å². The number of hydrogen-bond donors (Lipinski definition) is 1. The Morgan fingerprint density at radius 2 is 2.33 bits per heavy atom. The predicted molar refractivity (Wildman–Crippen MR) is 68.4 cm³/mol. The van der Waals surface area contributed by atoms with Gasteiger partial charge < -0.3 is 5.32 Å². The molecule has 1 atom stereocenters. The molecule has 1 N–H and O–H groups in total. The van der Waals surface area contributed by atoms with Crippen molar-refractivity contribution in [1.82, 2.24) is 5.32 Å². The van der Waals surface area contributed by atoms with E-state index in [1.54, 1.807) is 0 Å². The molecule has 0 fully saturated rings. The van der Waals surface area contributed by atoms with Crippen molar-refractivity contribution in [2.24, 2.45) is 0 Å². The number of benzene rings is 1. The fourth-order valence-electron chi connectivity index (χ4n) is 1.86. The van der Waals surface area contributed by atoms with E-state index in [1.807, 2.05) is 24.5 Å². The van der Waals surface area contributed by atoms with Gasteiger partial charge in [0.15, 0.2) is 0 Å². The minimum absolute atomic E-state index is 0.379. The van der Waals surface area contributed by atoms with Crippen molar-refractivity contribution in [3.8, 4) is 0 Å². The van der Waals surface area contributed by atoms with Crippen LogP contribution in [-0.2, 0) is 0 Å². The minimum Gasteiger partial charge on any atom is -0.313 e. The predicted octanol–water partition coefficient (Wildman–Crippen LogP) is 3.74. The maximum atomic E-state index is 3.81. The van der Waals surface area contributed by atoms with Gasteiger partial charge in [0.2, 0.25) is 0 Å². The van der Waals surface area contributed by atoms with Gasteiger partial charge in [0.05, 0.1) is 0 Å². The summed E-state index contributed by atoms with van der Waals surface area (Å²) in [6.07, 6.45) is 2.93. The van der Waals surface area contributed by atoms with E-state index in [9.17, 15) is 0 Å². The third kappa shape index (κ3) is 1.96. The summed E-state index contributed by atoms with van der Waals surface area (Å²) in [5, 5.41) is 6.82. The lowest BCUT2D eigenvalue weighted by molar-refractivity contribution is 0.609. The molecular weight excluding hydrogens is 202 g/mol. The molecule has 15 heavy (non-hydrogen) atoms. The van der Waals surface area contributed by atoms with Crippen LogP contribution < -0.4 is 5.32 Å². The molecule has 0 saturated heterocycles. The smallest absolute Gasteiger partial charge is 0.0390 e. The highest BCUT2D eigenvalue weighted by Gasteiger charge is 2.11. The second-order valence-electron chi connectivity index (χ2n) is 3.55. The Kier molecular flexibility index (Phi) is 3.19. The van der Waals surface area contributed by atoms with E-state index in [1.165, 1.54) is 15.6 Å². The molecule has 2 aromatic rings. The quantitative estimate of drug-likeness (QED) is 0.769. The van der Waals surface area contributed by atoms with Gasteiger partial charge in [-0.05, 0) is 35.9 Å². The molecule has 0 saturated carbocycles. The first-order valence-corrected chi connectivity index (χ1v) is 5.99. The molecule has 0 amide bonds. The molecule has 1 unspecified atom stereocenters. The molecule has 0 aliphatic heterocycles. The second-order valence-corrected chi connectivity index (χ2v) is 4.47. The highest BCUT2D eigenvalue weighted by Crippen LogP contribution is 2.30. The molecule has 1 aromatic carbocycles. The van der Waals surface area contributed by atoms with Crippen molar-refractivity contribution in [3.63, 3.8) is 0 Å². The number of rotatable bonds is 4. The Morgan fingerprint density at radius 1 is 1.47 bits per heavy atom.